The third-order valence-corrected chi connectivity index (χ3v) is 7.56. The number of esters is 3. The van der Waals surface area contributed by atoms with Gasteiger partial charge in [-0.2, -0.15) is 4.68 Å². The van der Waals surface area contributed by atoms with Gasteiger partial charge in [-0.1, -0.05) is 54.6 Å². The van der Waals surface area contributed by atoms with E-state index in [1.54, 1.807) is 71.6 Å². The molecule has 2 aliphatic rings. The Labute approximate surface area is 267 Å². The van der Waals surface area contributed by atoms with Gasteiger partial charge in [-0.3, -0.25) is 9.78 Å². The van der Waals surface area contributed by atoms with Crippen LogP contribution in [0.25, 0.3) is 0 Å². The molecule has 3 aromatic carbocycles. The maximum Gasteiger partial charge on any atom is 0.347 e. The number of nitrogens with zero attached hydrogens (tertiary/aromatic N) is 3. The summed E-state index contributed by atoms with van der Waals surface area (Å²) in [6.07, 6.45) is -5.62. The summed E-state index contributed by atoms with van der Waals surface area (Å²) in [6.45, 7) is 0.891. The van der Waals surface area contributed by atoms with Gasteiger partial charge in [-0.05, 0) is 36.4 Å². The fourth-order valence-electron chi connectivity index (χ4n) is 5.21. The average Bonchev–Trinajstić information content (AvgIpc) is 3.44. The monoisotopic (exact) mass is 642 g/mol. The molecular formula is C33H30N4O10. The number of carbonyl (C=O) groups excluding carboxylic acids is 3. The highest BCUT2D eigenvalue weighted by molar-refractivity contribution is 5.91. The van der Waals surface area contributed by atoms with Gasteiger partial charge >= 0.3 is 23.6 Å². The number of hydrogen-bond acceptors (Lipinski definition) is 12. The summed E-state index contributed by atoms with van der Waals surface area (Å²) in [4.78, 5) is 69.6. The van der Waals surface area contributed by atoms with Gasteiger partial charge in [0.25, 0.3) is 5.56 Å². The predicted octanol–water partition coefficient (Wildman–Crippen LogP) is 1.97. The van der Waals surface area contributed by atoms with Crippen molar-refractivity contribution in [2.75, 3.05) is 37.8 Å². The van der Waals surface area contributed by atoms with Crippen molar-refractivity contribution < 1.29 is 38.1 Å². The molecule has 0 radical (unpaired) electrons. The fraction of sp³-hybridized carbons (Fsp3) is 0.273. The molecule has 1 aromatic heterocycles. The first kappa shape index (κ1) is 31.4. The van der Waals surface area contributed by atoms with Crippen LogP contribution in [0.4, 0.5) is 5.82 Å². The molecule has 1 N–H and O–H groups in total. The molecule has 3 heterocycles. The smallest absolute Gasteiger partial charge is 0.347 e. The number of aromatic amines is 1. The quantitative estimate of drug-likeness (QED) is 0.209. The minimum Gasteiger partial charge on any atom is -0.459 e. The molecule has 2 fully saturated rings. The SMILES string of the molecule is O=C(OC[C@H]1O[C@@H](n2nc(N3CCOCC3)c(=O)[nH]c2=O)[C@H](OC(=O)c2ccccc2)[C@@H]1OC(=O)c1ccccc1)c1ccccc1. The Morgan fingerprint density at radius 2 is 1.26 bits per heavy atom. The summed E-state index contributed by atoms with van der Waals surface area (Å²) in [7, 11) is 0. The number of ether oxygens (including phenoxy) is 5. The van der Waals surface area contributed by atoms with Crippen molar-refractivity contribution in [2.24, 2.45) is 0 Å². The number of morpholine rings is 1. The Morgan fingerprint density at radius 3 is 1.81 bits per heavy atom. The van der Waals surface area contributed by atoms with Gasteiger partial charge in [0.1, 0.15) is 12.7 Å². The van der Waals surface area contributed by atoms with Crippen LogP contribution in [0.1, 0.15) is 37.3 Å². The Hall–Kier alpha value is -5.60. The van der Waals surface area contributed by atoms with Crippen LogP contribution in [-0.2, 0) is 23.7 Å². The Balaban J connectivity index is 1.39. The number of hydrogen-bond donors (Lipinski definition) is 1. The molecule has 0 bridgehead atoms. The van der Waals surface area contributed by atoms with Crippen LogP contribution in [0, 0.1) is 0 Å². The second kappa shape index (κ2) is 14.2. The van der Waals surface area contributed by atoms with Crippen LogP contribution < -0.4 is 16.1 Å². The topological polar surface area (TPSA) is 168 Å². The van der Waals surface area contributed by atoms with Crippen LogP contribution in [0.3, 0.4) is 0 Å². The van der Waals surface area contributed by atoms with E-state index in [2.05, 4.69) is 10.1 Å². The first-order chi connectivity index (χ1) is 22.9. The van der Waals surface area contributed by atoms with Crippen molar-refractivity contribution in [1.82, 2.24) is 14.8 Å². The number of nitrogens with one attached hydrogen (secondary N) is 1. The van der Waals surface area contributed by atoms with E-state index in [9.17, 15) is 24.0 Å². The highest BCUT2D eigenvalue weighted by Crippen LogP contribution is 2.34. The zero-order valence-electron chi connectivity index (χ0n) is 24.9. The predicted molar refractivity (Wildman–Crippen MR) is 164 cm³/mol. The molecule has 14 heteroatoms. The summed E-state index contributed by atoms with van der Waals surface area (Å²) in [6, 6.07) is 24.3. The molecule has 2 saturated heterocycles. The Bertz CT molecular complexity index is 1830. The van der Waals surface area contributed by atoms with E-state index in [4.69, 9.17) is 23.7 Å². The molecule has 0 amide bonds. The van der Waals surface area contributed by atoms with E-state index < -0.39 is 60.3 Å². The van der Waals surface area contributed by atoms with Gasteiger partial charge in [0.05, 0.1) is 29.9 Å². The Morgan fingerprint density at radius 1 is 0.745 bits per heavy atom. The molecule has 0 saturated carbocycles. The van der Waals surface area contributed by atoms with Crippen molar-refractivity contribution in [3.63, 3.8) is 0 Å². The lowest BCUT2D eigenvalue weighted by Gasteiger charge is -2.28. The van der Waals surface area contributed by atoms with Crippen LogP contribution in [0.15, 0.2) is 101 Å². The van der Waals surface area contributed by atoms with Crippen LogP contribution >= 0.6 is 0 Å². The van der Waals surface area contributed by atoms with Crippen LogP contribution in [0.5, 0.6) is 0 Å². The highest BCUT2D eigenvalue weighted by Gasteiger charge is 2.52. The van der Waals surface area contributed by atoms with Gasteiger partial charge in [0.15, 0.2) is 18.4 Å². The lowest BCUT2D eigenvalue weighted by Crippen LogP contribution is -2.46. The second-order valence-electron chi connectivity index (χ2n) is 10.6. The Kier molecular flexibility index (Phi) is 9.50. The van der Waals surface area contributed by atoms with Crippen LogP contribution in [0.2, 0.25) is 0 Å². The van der Waals surface area contributed by atoms with E-state index in [1.807, 2.05) is 0 Å². The van der Waals surface area contributed by atoms with Crippen molar-refractivity contribution >= 4 is 23.7 Å². The first-order valence-corrected chi connectivity index (χ1v) is 14.8. The van der Waals surface area contributed by atoms with Crippen molar-refractivity contribution in [3.05, 3.63) is 129 Å². The standard InChI is InChI=1S/C33H30N4O10/c38-28-27(36-16-18-43-19-17-36)35-37(33(42)34-28)29-26(47-32(41)23-14-8-3-9-15-23)25(46-31(40)22-12-6-2-7-13-22)24(45-29)20-44-30(39)21-10-4-1-5-11-21/h1-15,24-26,29H,16-20H2,(H,34,38,42)/t24-,25-,26-,29-/m1/s1. The number of benzene rings is 3. The third-order valence-electron chi connectivity index (χ3n) is 7.56. The lowest BCUT2D eigenvalue weighted by atomic mass is 10.1. The molecule has 4 atom stereocenters. The minimum atomic E-state index is -1.51. The van der Waals surface area contributed by atoms with Gasteiger partial charge in [-0.15, -0.1) is 5.10 Å². The second-order valence-corrected chi connectivity index (χ2v) is 10.6. The summed E-state index contributed by atoms with van der Waals surface area (Å²) in [5.74, 6) is -2.35. The van der Waals surface area contributed by atoms with E-state index in [0.29, 0.717) is 26.3 Å². The number of anilines is 1. The molecule has 6 rings (SSSR count). The zero-order valence-corrected chi connectivity index (χ0v) is 24.9. The lowest BCUT2D eigenvalue weighted by molar-refractivity contribution is -0.0698. The third kappa shape index (κ3) is 7.13. The van der Waals surface area contributed by atoms with Gasteiger partial charge < -0.3 is 28.6 Å². The first-order valence-electron chi connectivity index (χ1n) is 14.8. The molecule has 14 nitrogen and oxygen atoms in total. The molecule has 47 heavy (non-hydrogen) atoms. The van der Waals surface area contributed by atoms with E-state index in [1.165, 1.54) is 24.3 Å². The number of carbonyl (C=O) groups is 3. The van der Waals surface area contributed by atoms with Gasteiger partial charge in [0.2, 0.25) is 5.82 Å². The summed E-state index contributed by atoms with van der Waals surface area (Å²) >= 11 is 0. The maximum absolute atomic E-state index is 13.4. The molecule has 0 spiro atoms. The number of H-pyrrole nitrogens is 1. The molecular weight excluding hydrogens is 612 g/mol. The normalized spacial score (nSPS) is 20.7. The highest BCUT2D eigenvalue weighted by atomic mass is 16.7. The fourth-order valence-corrected chi connectivity index (χ4v) is 5.21. The summed E-state index contributed by atoms with van der Waals surface area (Å²) in [5.41, 5.74) is -1.06. The number of aromatic nitrogens is 3. The van der Waals surface area contributed by atoms with Gasteiger partial charge in [-0.25, -0.2) is 19.2 Å². The van der Waals surface area contributed by atoms with Crippen molar-refractivity contribution in [2.45, 2.75) is 24.5 Å². The van der Waals surface area contributed by atoms with Crippen molar-refractivity contribution in [1.29, 1.82) is 0 Å². The van der Waals surface area contributed by atoms with E-state index >= 15 is 0 Å². The van der Waals surface area contributed by atoms with E-state index in [0.717, 1.165) is 4.68 Å². The van der Waals surface area contributed by atoms with E-state index in [-0.39, 0.29) is 22.5 Å². The summed E-state index contributed by atoms with van der Waals surface area (Å²) < 4.78 is 29.7. The van der Waals surface area contributed by atoms with Gasteiger partial charge in [0, 0.05) is 13.1 Å². The van der Waals surface area contributed by atoms with Crippen LogP contribution in [-0.4, -0.2) is 83.9 Å². The molecule has 4 aromatic rings. The maximum atomic E-state index is 13.4. The molecule has 0 aliphatic carbocycles. The van der Waals surface area contributed by atoms with Crippen molar-refractivity contribution in [3.8, 4) is 0 Å². The largest absolute Gasteiger partial charge is 0.459 e. The summed E-state index contributed by atoms with van der Waals surface area (Å²) in [5, 5.41) is 4.32. The zero-order chi connectivity index (χ0) is 32.8. The average molecular weight is 643 g/mol. The minimum absolute atomic E-state index is 0.0820. The molecule has 2 aliphatic heterocycles. The molecule has 242 valence electrons. The molecule has 0 unspecified atom stereocenters. The number of rotatable bonds is 9.